The zero-order chi connectivity index (χ0) is 21.0. The normalized spacial score (nSPS) is 40.4. The SMILES string of the molecule is CC(C)CCC[C@H](C)[C@H]1CC[C@H]2C3=C(CC[C@]12C)[C@@]1(C)CCC(=O)CC1C(=O)O3. The number of carbonyl (C=O) groups is 2. The number of allylic oxidation sites excluding steroid dienone is 2. The first kappa shape index (κ1) is 21.1. The minimum atomic E-state index is -0.251. The van der Waals surface area contributed by atoms with Gasteiger partial charge in [0.2, 0.25) is 0 Å². The van der Waals surface area contributed by atoms with E-state index in [1.807, 2.05) is 0 Å². The topological polar surface area (TPSA) is 43.4 Å². The fourth-order valence-electron chi connectivity index (χ4n) is 7.48. The molecule has 4 aliphatic rings. The molecule has 2 fully saturated rings. The summed E-state index contributed by atoms with van der Waals surface area (Å²) in [4.78, 5) is 25.0. The first-order valence-corrected chi connectivity index (χ1v) is 12.1. The lowest BCUT2D eigenvalue weighted by Crippen LogP contribution is -2.49. The highest BCUT2D eigenvalue weighted by Crippen LogP contribution is 2.64. The van der Waals surface area contributed by atoms with Crippen LogP contribution in [0.5, 0.6) is 0 Å². The van der Waals surface area contributed by atoms with Crippen LogP contribution in [0.3, 0.4) is 0 Å². The van der Waals surface area contributed by atoms with Crippen molar-refractivity contribution in [3.05, 3.63) is 11.3 Å². The van der Waals surface area contributed by atoms with Crippen LogP contribution in [0, 0.1) is 40.4 Å². The van der Waals surface area contributed by atoms with E-state index in [2.05, 4.69) is 34.6 Å². The van der Waals surface area contributed by atoms with Gasteiger partial charge in [-0.3, -0.25) is 9.59 Å². The Kier molecular flexibility index (Phi) is 5.49. The van der Waals surface area contributed by atoms with Crippen LogP contribution in [-0.4, -0.2) is 11.8 Å². The number of Topliss-reactive ketones (excluding diaryl/α,β-unsaturated/α-hetero) is 1. The van der Waals surface area contributed by atoms with Crippen LogP contribution in [-0.2, 0) is 14.3 Å². The summed E-state index contributed by atoms with van der Waals surface area (Å²) >= 11 is 0. The Morgan fingerprint density at radius 2 is 1.76 bits per heavy atom. The van der Waals surface area contributed by atoms with E-state index in [0.29, 0.717) is 18.8 Å². The number of ether oxygens (including phenoxy) is 1. The van der Waals surface area contributed by atoms with Gasteiger partial charge >= 0.3 is 5.97 Å². The summed E-state index contributed by atoms with van der Waals surface area (Å²) in [7, 11) is 0. The summed E-state index contributed by atoms with van der Waals surface area (Å²) in [5, 5.41) is 0. The number of hydrogen-bond acceptors (Lipinski definition) is 3. The summed E-state index contributed by atoms with van der Waals surface area (Å²) in [6.07, 6.45) is 10.5. The molecule has 1 unspecified atom stereocenters. The van der Waals surface area contributed by atoms with E-state index in [0.717, 1.165) is 42.8 Å². The van der Waals surface area contributed by atoms with E-state index in [9.17, 15) is 9.59 Å². The van der Waals surface area contributed by atoms with E-state index in [1.165, 1.54) is 37.7 Å². The maximum Gasteiger partial charge on any atom is 0.315 e. The quantitative estimate of drug-likeness (QED) is 0.497. The largest absolute Gasteiger partial charge is 0.431 e. The lowest BCUT2D eigenvalue weighted by molar-refractivity contribution is -0.159. The third-order valence-electron chi connectivity index (χ3n) is 9.37. The first-order chi connectivity index (χ1) is 13.7. The van der Waals surface area contributed by atoms with Gasteiger partial charge in [-0.2, -0.15) is 0 Å². The van der Waals surface area contributed by atoms with E-state index in [4.69, 9.17) is 4.74 Å². The molecule has 0 bridgehead atoms. The maximum atomic E-state index is 12.9. The molecule has 4 rings (SSSR count). The predicted octanol–water partition coefficient (Wildman–Crippen LogP) is 6.46. The van der Waals surface area contributed by atoms with Crippen molar-refractivity contribution in [2.75, 3.05) is 0 Å². The molecule has 29 heavy (non-hydrogen) atoms. The van der Waals surface area contributed by atoms with Crippen molar-refractivity contribution >= 4 is 11.8 Å². The molecule has 0 N–H and O–H groups in total. The molecule has 1 aliphatic heterocycles. The number of carbonyl (C=O) groups excluding carboxylic acids is 2. The molecule has 0 aromatic heterocycles. The highest BCUT2D eigenvalue weighted by molar-refractivity contribution is 5.88. The molecule has 3 aliphatic carbocycles. The number of esters is 1. The van der Waals surface area contributed by atoms with Gasteiger partial charge in [0.25, 0.3) is 0 Å². The van der Waals surface area contributed by atoms with Gasteiger partial charge < -0.3 is 4.74 Å². The molecular formula is C26H40O3. The molecule has 0 radical (unpaired) electrons. The van der Waals surface area contributed by atoms with Crippen LogP contribution in [0.1, 0.15) is 98.8 Å². The first-order valence-electron chi connectivity index (χ1n) is 12.1. The van der Waals surface area contributed by atoms with Crippen LogP contribution < -0.4 is 0 Å². The van der Waals surface area contributed by atoms with Gasteiger partial charge in [0.05, 0.1) is 5.92 Å². The molecule has 0 aromatic carbocycles. The molecule has 0 spiro atoms. The molecule has 0 aromatic rings. The average molecular weight is 401 g/mol. The van der Waals surface area contributed by atoms with Crippen LogP contribution >= 0.6 is 0 Å². The molecule has 0 amide bonds. The Bertz CT molecular complexity index is 719. The van der Waals surface area contributed by atoms with Crippen molar-refractivity contribution in [3.8, 4) is 0 Å². The van der Waals surface area contributed by atoms with E-state index in [1.54, 1.807) is 0 Å². The van der Waals surface area contributed by atoms with E-state index in [-0.39, 0.29) is 28.5 Å². The van der Waals surface area contributed by atoms with E-state index >= 15 is 0 Å². The Morgan fingerprint density at radius 1 is 1.00 bits per heavy atom. The van der Waals surface area contributed by atoms with Crippen LogP contribution in [0.2, 0.25) is 0 Å². The van der Waals surface area contributed by atoms with Crippen LogP contribution in [0.25, 0.3) is 0 Å². The Hall–Kier alpha value is -1.12. The second-order valence-corrected chi connectivity index (χ2v) is 11.5. The zero-order valence-electron chi connectivity index (χ0n) is 19.2. The molecule has 162 valence electrons. The second-order valence-electron chi connectivity index (χ2n) is 11.5. The number of hydrogen-bond donors (Lipinski definition) is 0. The molecule has 6 atom stereocenters. The third kappa shape index (κ3) is 3.41. The van der Waals surface area contributed by atoms with Gasteiger partial charge in [-0.25, -0.2) is 0 Å². The molecule has 1 heterocycles. The molecule has 0 saturated heterocycles. The predicted molar refractivity (Wildman–Crippen MR) is 115 cm³/mol. The number of fused-ring (bicyclic) bond motifs is 4. The van der Waals surface area contributed by atoms with Gasteiger partial charge in [0.1, 0.15) is 11.5 Å². The van der Waals surface area contributed by atoms with Gasteiger partial charge in [0, 0.05) is 24.2 Å². The van der Waals surface area contributed by atoms with Crippen molar-refractivity contribution in [1.82, 2.24) is 0 Å². The van der Waals surface area contributed by atoms with Crippen molar-refractivity contribution in [1.29, 1.82) is 0 Å². The summed E-state index contributed by atoms with van der Waals surface area (Å²) < 4.78 is 6.08. The summed E-state index contributed by atoms with van der Waals surface area (Å²) in [6.45, 7) is 11.8. The highest BCUT2D eigenvalue weighted by atomic mass is 16.5. The van der Waals surface area contributed by atoms with Gasteiger partial charge in [-0.05, 0) is 60.8 Å². The summed E-state index contributed by atoms with van der Waals surface area (Å²) in [5.74, 6) is 3.53. The standard InChI is InChI=1S/C26H40O3/c1-16(2)7-6-8-17(3)19-9-10-20-23-21(12-14-25(19,20)4)26(5)13-11-18(27)15-22(26)24(28)29-23/h16-17,19-20,22H,6-15H2,1-5H3/t17-,19+,20-,22?,25+,26+/m0/s1. The van der Waals surface area contributed by atoms with Crippen molar-refractivity contribution < 1.29 is 14.3 Å². The summed E-state index contributed by atoms with van der Waals surface area (Å²) in [5.41, 5.74) is 1.50. The van der Waals surface area contributed by atoms with Gasteiger partial charge in [-0.1, -0.05) is 53.9 Å². The Balaban J connectivity index is 1.57. The van der Waals surface area contributed by atoms with E-state index < -0.39 is 0 Å². The van der Waals surface area contributed by atoms with Crippen molar-refractivity contribution in [2.45, 2.75) is 98.8 Å². The number of rotatable bonds is 5. The van der Waals surface area contributed by atoms with Gasteiger partial charge in [-0.15, -0.1) is 0 Å². The number of ketones is 1. The maximum absolute atomic E-state index is 12.9. The fourth-order valence-corrected chi connectivity index (χ4v) is 7.48. The Morgan fingerprint density at radius 3 is 2.48 bits per heavy atom. The van der Waals surface area contributed by atoms with Crippen LogP contribution in [0.4, 0.5) is 0 Å². The average Bonchev–Trinajstić information content (AvgIpc) is 3.00. The highest BCUT2D eigenvalue weighted by Gasteiger charge is 2.59. The summed E-state index contributed by atoms with van der Waals surface area (Å²) in [6, 6.07) is 0. The lowest BCUT2D eigenvalue weighted by Gasteiger charge is -2.52. The molecular weight excluding hydrogens is 360 g/mol. The molecule has 3 nitrogen and oxygen atoms in total. The van der Waals surface area contributed by atoms with Gasteiger partial charge in [0.15, 0.2) is 0 Å². The smallest absolute Gasteiger partial charge is 0.315 e. The minimum Gasteiger partial charge on any atom is -0.431 e. The van der Waals surface area contributed by atoms with Crippen molar-refractivity contribution in [3.63, 3.8) is 0 Å². The second kappa shape index (κ2) is 7.54. The monoisotopic (exact) mass is 400 g/mol. The molecule has 3 heteroatoms. The Labute approximate surface area is 177 Å². The fraction of sp³-hybridized carbons (Fsp3) is 0.846. The molecule has 2 saturated carbocycles. The lowest BCUT2D eigenvalue weighted by atomic mass is 9.55. The van der Waals surface area contributed by atoms with Crippen LogP contribution in [0.15, 0.2) is 11.3 Å². The van der Waals surface area contributed by atoms with Crippen molar-refractivity contribution in [2.24, 2.45) is 40.4 Å². The zero-order valence-corrected chi connectivity index (χ0v) is 19.2. The minimum absolute atomic E-state index is 0.128. The third-order valence-corrected chi connectivity index (χ3v) is 9.37.